The molecule has 1 aromatic rings. The molecule has 1 aromatic carbocycles. The molecule has 0 aliphatic carbocycles. The fourth-order valence-electron chi connectivity index (χ4n) is 2.23. The van der Waals surface area contributed by atoms with Crippen LogP contribution in [0.5, 0.6) is 0 Å². The SMILES string of the molecule is CN=C(NCc1ccc(F)cc1C(F)(F)F)NCC1COCCO1. The summed E-state index contributed by atoms with van der Waals surface area (Å²) in [5, 5.41) is 5.73. The van der Waals surface area contributed by atoms with Gasteiger partial charge in [-0.2, -0.15) is 13.2 Å². The second-order valence-electron chi connectivity index (χ2n) is 5.17. The van der Waals surface area contributed by atoms with Crippen LogP contribution in [0.4, 0.5) is 17.6 Å². The molecular weight excluding hydrogens is 330 g/mol. The van der Waals surface area contributed by atoms with E-state index >= 15 is 0 Å². The lowest BCUT2D eigenvalue weighted by molar-refractivity contribution is -0.138. The Labute approximate surface area is 137 Å². The third-order valence-corrected chi connectivity index (χ3v) is 3.43. The van der Waals surface area contributed by atoms with Crippen LogP contribution in [0.3, 0.4) is 0 Å². The van der Waals surface area contributed by atoms with E-state index in [1.54, 1.807) is 0 Å². The van der Waals surface area contributed by atoms with Crippen molar-refractivity contribution < 1.29 is 27.0 Å². The molecule has 1 atom stereocenters. The van der Waals surface area contributed by atoms with Crippen LogP contribution in [-0.4, -0.2) is 45.5 Å². The summed E-state index contributed by atoms with van der Waals surface area (Å²) >= 11 is 0. The van der Waals surface area contributed by atoms with Gasteiger partial charge in [-0.05, 0) is 17.7 Å². The van der Waals surface area contributed by atoms with Crippen LogP contribution in [-0.2, 0) is 22.2 Å². The van der Waals surface area contributed by atoms with Gasteiger partial charge in [0.1, 0.15) is 5.82 Å². The molecule has 1 aliphatic rings. The Morgan fingerprint density at radius 2 is 2.08 bits per heavy atom. The predicted octanol–water partition coefficient (Wildman–Crippen LogP) is 1.92. The summed E-state index contributed by atoms with van der Waals surface area (Å²) in [6.45, 7) is 1.77. The second-order valence-corrected chi connectivity index (χ2v) is 5.17. The Kier molecular flexibility index (Phi) is 6.38. The number of benzene rings is 1. The molecule has 0 aromatic heterocycles. The molecule has 1 heterocycles. The summed E-state index contributed by atoms with van der Waals surface area (Å²) in [6.07, 6.45) is -4.77. The quantitative estimate of drug-likeness (QED) is 0.495. The van der Waals surface area contributed by atoms with Crippen molar-refractivity contribution in [2.75, 3.05) is 33.4 Å². The van der Waals surface area contributed by atoms with E-state index in [0.717, 1.165) is 12.1 Å². The molecule has 2 rings (SSSR count). The smallest absolute Gasteiger partial charge is 0.376 e. The summed E-state index contributed by atoms with van der Waals surface area (Å²) in [4.78, 5) is 3.94. The van der Waals surface area contributed by atoms with Gasteiger partial charge in [0.05, 0.1) is 31.5 Å². The van der Waals surface area contributed by atoms with Crippen molar-refractivity contribution in [3.8, 4) is 0 Å². The van der Waals surface area contributed by atoms with E-state index in [-0.39, 0.29) is 18.2 Å². The molecule has 1 fully saturated rings. The number of nitrogens with zero attached hydrogens (tertiary/aromatic N) is 1. The molecule has 0 bridgehead atoms. The van der Waals surface area contributed by atoms with Gasteiger partial charge < -0.3 is 20.1 Å². The molecule has 5 nitrogen and oxygen atoms in total. The van der Waals surface area contributed by atoms with Gasteiger partial charge in [0.25, 0.3) is 0 Å². The molecule has 0 saturated carbocycles. The van der Waals surface area contributed by atoms with Crippen LogP contribution in [0.1, 0.15) is 11.1 Å². The zero-order chi connectivity index (χ0) is 17.6. The number of halogens is 4. The zero-order valence-electron chi connectivity index (χ0n) is 13.1. The topological polar surface area (TPSA) is 54.9 Å². The van der Waals surface area contributed by atoms with Gasteiger partial charge in [-0.3, -0.25) is 4.99 Å². The third kappa shape index (κ3) is 5.34. The largest absolute Gasteiger partial charge is 0.416 e. The second kappa shape index (κ2) is 8.29. The molecule has 9 heteroatoms. The summed E-state index contributed by atoms with van der Waals surface area (Å²) in [5.41, 5.74) is -1.07. The number of aliphatic imine (C=N–C) groups is 1. The first kappa shape index (κ1) is 18.5. The van der Waals surface area contributed by atoms with Crippen LogP contribution < -0.4 is 10.6 Å². The van der Waals surface area contributed by atoms with E-state index in [9.17, 15) is 17.6 Å². The Morgan fingerprint density at radius 1 is 1.29 bits per heavy atom. The summed E-state index contributed by atoms with van der Waals surface area (Å²) in [5.74, 6) is -0.607. The fourth-order valence-corrected chi connectivity index (χ4v) is 2.23. The lowest BCUT2D eigenvalue weighted by Crippen LogP contribution is -2.44. The minimum atomic E-state index is -4.62. The summed E-state index contributed by atoms with van der Waals surface area (Å²) < 4.78 is 62.7. The van der Waals surface area contributed by atoms with Crippen molar-refractivity contribution >= 4 is 5.96 Å². The van der Waals surface area contributed by atoms with Crippen LogP contribution in [0, 0.1) is 5.82 Å². The fraction of sp³-hybridized carbons (Fsp3) is 0.533. The van der Waals surface area contributed by atoms with Crippen molar-refractivity contribution in [1.29, 1.82) is 0 Å². The number of hydrogen-bond acceptors (Lipinski definition) is 3. The lowest BCUT2D eigenvalue weighted by Gasteiger charge is -2.24. The third-order valence-electron chi connectivity index (χ3n) is 3.43. The monoisotopic (exact) mass is 349 g/mol. The molecule has 1 unspecified atom stereocenters. The molecule has 1 aliphatic heterocycles. The van der Waals surface area contributed by atoms with Crippen LogP contribution in [0.25, 0.3) is 0 Å². The molecule has 1 saturated heterocycles. The number of guanidine groups is 1. The normalized spacial score (nSPS) is 19.2. The maximum absolute atomic E-state index is 13.1. The zero-order valence-corrected chi connectivity index (χ0v) is 13.1. The number of nitrogens with one attached hydrogen (secondary N) is 2. The van der Waals surface area contributed by atoms with Crippen molar-refractivity contribution in [3.05, 3.63) is 35.1 Å². The molecule has 134 valence electrons. The minimum Gasteiger partial charge on any atom is -0.376 e. The van der Waals surface area contributed by atoms with E-state index in [4.69, 9.17) is 9.47 Å². The van der Waals surface area contributed by atoms with Gasteiger partial charge in [-0.15, -0.1) is 0 Å². The molecule has 0 spiro atoms. The number of rotatable bonds is 4. The summed E-state index contributed by atoms with van der Waals surface area (Å²) in [7, 11) is 1.50. The minimum absolute atomic E-state index is 0.0656. The highest BCUT2D eigenvalue weighted by molar-refractivity contribution is 5.79. The lowest BCUT2D eigenvalue weighted by atomic mass is 10.1. The number of hydrogen-bond donors (Lipinski definition) is 2. The van der Waals surface area contributed by atoms with E-state index < -0.39 is 17.6 Å². The molecule has 2 N–H and O–H groups in total. The standard InChI is InChI=1S/C15H19F4N3O2/c1-20-14(22-8-12-9-23-4-5-24-12)21-7-10-2-3-11(16)6-13(10)15(17,18)19/h2-3,6,12H,4-5,7-9H2,1H3,(H2,20,21,22). The van der Waals surface area contributed by atoms with E-state index in [0.29, 0.717) is 38.4 Å². The van der Waals surface area contributed by atoms with E-state index in [2.05, 4.69) is 15.6 Å². The first-order chi connectivity index (χ1) is 11.4. The van der Waals surface area contributed by atoms with E-state index in [1.807, 2.05) is 0 Å². The van der Waals surface area contributed by atoms with Gasteiger partial charge in [-0.1, -0.05) is 6.07 Å². The van der Waals surface area contributed by atoms with Gasteiger partial charge in [-0.25, -0.2) is 4.39 Å². The first-order valence-corrected chi connectivity index (χ1v) is 7.39. The van der Waals surface area contributed by atoms with Crippen LogP contribution >= 0.6 is 0 Å². The Morgan fingerprint density at radius 3 is 2.71 bits per heavy atom. The highest BCUT2D eigenvalue weighted by Crippen LogP contribution is 2.32. The molecule has 24 heavy (non-hydrogen) atoms. The predicted molar refractivity (Wildman–Crippen MR) is 80.2 cm³/mol. The van der Waals surface area contributed by atoms with Crippen LogP contribution in [0.2, 0.25) is 0 Å². The molecule has 0 amide bonds. The molecular formula is C15H19F4N3O2. The highest BCUT2D eigenvalue weighted by Gasteiger charge is 2.33. The maximum atomic E-state index is 13.1. The average Bonchev–Trinajstić information content (AvgIpc) is 2.56. The number of ether oxygens (including phenoxy) is 2. The van der Waals surface area contributed by atoms with Crippen LogP contribution in [0.15, 0.2) is 23.2 Å². The Hall–Kier alpha value is -1.87. The number of alkyl halides is 3. The maximum Gasteiger partial charge on any atom is 0.416 e. The van der Waals surface area contributed by atoms with Crippen molar-refractivity contribution in [2.45, 2.75) is 18.8 Å². The Balaban J connectivity index is 1.93. The first-order valence-electron chi connectivity index (χ1n) is 7.39. The highest BCUT2D eigenvalue weighted by atomic mass is 19.4. The Bertz CT molecular complexity index is 572. The van der Waals surface area contributed by atoms with Gasteiger partial charge >= 0.3 is 6.18 Å². The van der Waals surface area contributed by atoms with Crippen molar-refractivity contribution in [2.24, 2.45) is 4.99 Å². The van der Waals surface area contributed by atoms with Gasteiger partial charge in [0.15, 0.2) is 5.96 Å². The van der Waals surface area contributed by atoms with Crippen molar-refractivity contribution in [3.63, 3.8) is 0 Å². The van der Waals surface area contributed by atoms with Gasteiger partial charge in [0, 0.05) is 20.1 Å². The van der Waals surface area contributed by atoms with E-state index in [1.165, 1.54) is 7.05 Å². The average molecular weight is 349 g/mol. The van der Waals surface area contributed by atoms with Crippen molar-refractivity contribution in [1.82, 2.24) is 10.6 Å². The van der Waals surface area contributed by atoms with Gasteiger partial charge in [0.2, 0.25) is 0 Å². The summed E-state index contributed by atoms with van der Waals surface area (Å²) in [6, 6.07) is 2.59. The molecule has 0 radical (unpaired) electrons.